The lowest BCUT2D eigenvalue weighted by Gasteiger charge is -2.08. The summed E-state index contributed by atoms with van der Waals surface area (Å²) in [5, 5.41) is 14.1. The molecule has 1 aromatic rings. The summed E-state index contributed by atoms with van der Waals surface area (Å²) >= 11 is 0. The molecule has 0 bridgehead atoms. The van der Waals surface area contributed by atoms with E-state index in [9.17, 15) is 10.1 Å². The molecule has 1 aromatic carbocycles. The van der Waals surface area contributed by atoms with Crippen LogP contribution in [0.15, 0.2) is 18.2 Å². The van der Waals surface area contributed by atoms with Crippen LogP contribution in [0.3, 0.4) is 0 Å². The van der Waals surface area contributed by atoms with E-state index in [4.69, 9.17) is 4.74 Å². The molecule has 0 aliphatic rings. The minimum atomic E-state index is -0.399. The minimum absolute atomic E-state index is 0.0583. The van der Waals surface area contributed by atoms with Crippen LogP contribution in [0.25, 0.3) is 0 Å². The molecular weight excluding hydrogens is 220 g/mol. The summed E-state index contributed by atoms with van der Waals surface area (Å²) in [7, 11) is 0. The topological polar surface area (TPSA) is 64.4 Å². The Balaban J connectivity index is 2.58. The Kier molecular flexibility index (Phi) is 5.42. The number of nitro benzene ring substituents is 1. The first-order chi connectivity index (χ1) is 8.16. The molecule has 0 heterocycles. The third kappa shape index (κ3) is 4.03. The van der Waals surface area contributed by atoms with Crippen LogP contribution in [0, 0.1) is 17.0 Å². The van der Waals surface area contributed by atoms with Gasteiger partial charge in [-0.25, -0.2) is 0 Å². The summed E-state index contributed by atoms with van der Waals surface area (Å²) in [6.45, 7) is 5.85. The summed E-state index contributed by atoms with van der Waals surface area (Å²) in [6, 6.07) is 5.10. The van der Waals surface area contributed by atoms with Crippen molar-refractivity contribution in [2.45, 2.75) is 20.3 Å². The van der Waals surface area contributed by atoms with Crippen molar-refractivity contribution < 1.29 is 9.66 Å². The molecule has 17 heavy (non-hydrogen) atoms. The van der Waals surface area contributed by atoms with Crippen molar-refractivity contribution in [3.63, 3.8) is 0 Å². The first-order valence-corrected chi connectivity index (χ1v) is 5.74. The van der Waals surface area contributed by atoms with E-state index in [0.29, 0.717) is 24.5 Å². The SMILES string of the molecule is CCCNCCOc1cccc(C)c1[N+](=O)[O-]. The van der Waals surface area contributed by atoms with Gasteiger partial charge in [0.2, 0.25) is 0 Å². The molecule has 5 nitrogen and oxygen atoms in total. The molecule has 0 spiro atoms. The van der Waals surface area contributed by atoms with Gasteiger partial charge in [0.15, 0.2) is 5.75 Å². The van der Waals surface area contributed by atoms with Crippen LogP contribution in [0.5, 0.6) is 5.75 Å². The van der Waals surface area contributed by atoms with Gasteiger partial charge < -0.3 is 10.1 Å². The standard InChI is InChI=1S/C12H18N2O3/c1-3-7-13-8-9-17-11-6-4-5-10(2)12(11)14(15)16/h4-6,13H,3,7-9H2,1-2H3. The van der Waals surface area contributed by atoms with Gasteiger partial charge in [-0.15, -0.1) is 0 Å². The number of nitrogens with zero attached hydrogens (tertiary/aromatic N) is 1. The molecule has 1 N–H and O–H groups in total. The second kappa shape index (κ2) is 6.85. The fourth-order valence-corrected chi connectivity index (χ4v) is 1.52. The Morgan fingerprint density at radius 3 is 2.82 bits per heavy atom. The average molecular weight is 238 g/mol. The van der Waals surface area contributed by atoms with Gasteiger partial charge in [-0.3, -0.25) is 10.1 Å². The third-order valence-corrected chi connectivity index (χ3v) is 2.35. The predicted molar refractivity (Wildman–Crippen MR) is 66.5 cm³/mol. The third-order valence-electron chi connectivity index (χ3n) is 2.35. The Bertz CT molecular complexity index is 380. The summed E-state index contributed by atoms with van der Waals surface area (Å²) in [5.41, 5.74) is 0.678. The van der Waals surface area contributed by atoms with Gasteiger partial charge in [-0.2, -0.15) is 0 Å². The van der Waals surface area contributed by atoms with Gasteiger partial charge in [0, 0.05) is 12.1 Å². The molecule has 0 amide bonds. The van der Waals surface area contributed by atoms with E-state index in [1.54, 1.807) is 25.1 Å². The van der Waals surface area contributed by atoms with Crippen LogP contribution in [-0.4, -0.2) is 24.6 Å². The number of hydrogen-bond acceptors (Lipinski definition) is 4. The molecular formula is C12H18N2O3. The zero-order valence-electron chi connectivity index (χ0n) is 10.2. The first kappa shape index (κ1) is 13.4. The van der Waals surface area contributed by atoms with Crippen LogP contribution in [0.2, 0.25) is 0 Å². The van der Waals surface area contributed by atoms with Crippen LogP contribution < -0.4 is 10.1 Å². The van der Waals surface area contributed by atoms with Crippen LogP contribution in [-0.2, 0) is 0 Å². The lowest BCUT2D eigenvalue weighted by Crippen LogP contribution is -2.21. The molecule has 0 aromatic heterocycles. The fraction of sp³-hybridized carbons (Fsp3) is 0.500. The summed E-state index contributed by atoms with van der Waals surface area (Å²) < 4.78 is 5.42. The smallest absolute Gasteiger partial charge is 0.313 e. The van der Waals surface area contributed by atoms with E-state index in [1.807, 2.05) is 0 Å². The number of ether oxygens (including phenoxy) is 1. The second-order valence-corrected chi connectivity index (χ2v) is 3.78. The van der Waals surface area contributed by atoms with E-state index >= 15 is 0 Å². The first-order valence-electron chi connectivity index (χ1n) is 5.74. The zero-order valence-corrected chi connectivity index (χ0v) is 10.2. The van der Waals surface area contributed by atoms with Crippen molar-refractivity contribution in [1.29, 1.82) is 0 Å². The lowest BCUT2D eigenvalue weighted by atomic mass is 10.2. The largest absolute Gasteiger partial charge is 0.485 e. The van der Waals surface area contributed by atoms with Crippen LogP contribution in [0.4, 0.5) is 5.69 Å². The van der Waals surface area contributed by atoms with Gasteiger partial charge in [-0.05, 0) is 26.0 Å². The Morgan fingerprint density at radius 1 is 1.41 bits per heavy atom. The number of para-hydroxylation sites is 1. The Morgan fingerprint density at radius 2 is 2.18 bits per heavy atom. The van der Waals surface area contributed by atoms with Crippen molar-refractivity contribution in [3.05, 3.63) is 33.9 Å². The molecule has 0 fully saturated rings. The zero-order chi connectivity index (χ0) is 12.7. The van der Waals surface area contributed by atoms with Crippen molar-refractivity contribution in [1.82, 2.24) is 5.32 Å². The van der Waals surface area contributed by atoms with E-state index in [0.717, 1.165) is 13.0 Å². The highest BCUT2D eigenvalue weighted by molar-refractivity contribution is 5.51. The predicted octanol–water partition coefficient (Wildman–Crippen LogP) is 2.28. The van der Waals surface area contributed by atoms with Crippen molar-refractivity contribution in [2.24, 2.45) is 0 Å². The van der Waals surface area contributed by atoms with E-state index in [2.05, 4.69) is 12.2 Å². The monoisotopic (exact) mass is 238 g/mol. The number of rotatable bonds is 7. The normalized spacial score (nSPS) is 10.2. The van der Waals surface area contributed by atoms with Crippen molar-refractivity contribution in [2.75, 3.05) is 19.7 Å². The number of nitro groups is 1. The number of hydrogen-bond donors (Lipinski definition) is 1. The van der Waals surface area contributed by atoms with Crippen molar-refractivity contribution >= 4 is 5.69 Å². The van der Waals surface area contributed by atoms with Gasteiger partial charge in [0.25, 0.3) is 0 Å². The van der Waals surface area contributed by atoms with Crippen LogP contribution in [0.1, 0.15) is 18.9 Å². The molecule has 1 rings (SSSR count). The second-order valence-electron chi connectivity index (χ2n) is 3.78. The van der Waals surface area contributed by atoms with E-state index in [-0.39, 0.29) is 5.69 Å². The Hall–Kier alpha value is -1.62. The molecule has 0 atom stereocenters. The summed E-state index contributed by atoms with van der Waals surface area (Å²) in [5.74, 6) is 0.341. The molecule has 0 radical (unpaired) electrons. The minimum Gasteiger partial charge on any atom is -0.485 e. The van der Waals surface area contributed by atoms with Gasteiger partial charge in [-0.1, -0.05) is 19.1 Å². The van der Waals surface area contributed by atoms with Crippen molar-refractivity contribution in [3.8, 4) is 5.75 Å². The molecule has 94 valence electrons. The molecule has 0 aliphatic heterocycles. The highest BCUT2D eigenvalue weighted by atomic mass is 16.6. The maximum absolute atomic E-state index is 10.9. The highest BCUT2D eigenvalue weighted by Crippen LogP contribution is 2.29. The van der Waals surface area contributed by atoms with Gasteiger partial charge >= 0.3 is 5.69 Å². The van der Waals surface area contributed by atoms with Gasteiger partial charge in [0.1, 0.15) is 6.61 Å². The van der Waals surface area contributed by atoms with E-state index in [1.165, 1.54) is 0 Å². The molecule has 0 aliphatic carbocycles. The molecule has 5 heteroatoms. The average Bonchev–Trinajstić information content (AvgIpc) is 2.28. The maximum Gasteiger partial charge on any atom is 0.313 e. The number of aryl methyl sites for hydroxylation is 1. The highest BCUT2D eigenvalue weighted by Gasteiger charge is 2.17. The fourth-order valence-electron chi connectivity index (χ4n) is 1.52. The quantitative estimate of drug-likeness (QED) is 0.449. The summed E-state index contributed by atoms with van der Waals surface area (Å²) in [4.78, 5) is 10.5. The maximum atomic E-state index is 10.9. The van der Waals surface area contributed by atoms with E-state index < -0.39 is 4.92 Å². The number of nitrogens with one attached hydrogen (secondary N) is 1. The molecule has 0 unspecified atom stereocenters. The van der Waals surface area contributed by atoms with Gasteiger partial charge in [0.05, 0.1) is 4.92 Å². The summed E-state index contributed by atoms with van der Waals surface area (Å²) in [6.07, 6.45) is 1.06. The van der Waals surface area contributed by atoms with Crippen LogP contribution >= 0.6 is 0 Å². The molecule has 0 saturated heterocycles. The molecule has 0 saturated carbocycles. The lowest BCUT2D eigenvalue weighted by molar-refractivity contribution is -0.386. The number of benzene rings is 1. The Labute approximate surface area is 101 Å².